The highest BCUT2D eigenvalue weighted by Gasteiger charge is 2.27. The van der Waals surface area contributed by atoms with Crippen LogP contribution in [0.15, 0.2) is 0 Å². The minimum atomic E-state index is -0.982. The van der Waals surface area contributed by atoms with Crippen LogP contribution in [-0.4, -0.2) is 35.2 Å². The third-order valence-electron chi connectivity index (χ3n) is 3.89. The third-order valence-corrected chi connectivity index (χ3v) is 3.89. The van der Waals surface area contributed by atoms with Crippen molar-refractivity contribution in [3.8, 4) is 0 Å². The van der Waals surface area contributed by atoms with Gasteiger partial charge in [0.2, 0.25) is 5.91 Å². The zero-order valence-electron chi connectivity index (χ0n) is 13.4. The molecule has 0 radical (unpaired) electrons. The van der Waals surface area contributed by atoms with E-state index in [9.17, 15) is 14.7 Å². The normalized spacial score (nSPS) is 19.2. The number of nitrogens with one attached hydrogen (secondary N) is 1. The zero-order chi connectivity index (χ0) is 15.8. The van der Waals surface area contributed by atoms with E-state index < -0.39 is 18.1 Å². The number of carbonyl (C=O) groups excluding carboxylic acids is 1. The van der Waals surface area contributed by atoms with Gasteiger partial charge in [0.05, 0.1) is 6.10 Å². The first-order chi connectivity index (χ1) is 9.93. The van der Waals surface area contributed by atoms with Crippen molar-refractivity contribution in [1.82, 2.24) is 5.32 Å². The van der Waals surface area contributed by atoms with Gasteiger partial charge < -0.3 is 15.2 Å². The minimum absolute atomic E-state index is 0.142. The summed E-state index contributed by atoms with van der Waals surface area (Å²) in [6, 6.07) is -0.832. The van der Waals surface area contributed by atoms with E-state index in [2.05, 4.69) is 5.32 Å². The number of aliphatic carboxylic acids is 1. The number of hydrogen-bond acceptors (Lipinski definition) is 3. The molecular weight excluding hydrogens is 270 g/mol. The lowest BCUT2D eigenvalue weighted by molar-refractivity contribution is -0.147. The quantitative estimate of drug-likeness (QED) is 0.722. The average molecular weight is 299 g/mol. The number of carbonyl (C=O) groups is 2. The molecule has 0 aromatic carbocycles. The molecule has 1 aliphatic carbocycles. The van der Waals surface area contributed by atoms with Gasteiger partial charge in [-0.15, -0.1) is 0 Å². The molecule has 0 bridgehead atoms. The summed E-state index contributed by atoms with van der Waals surface area (Å²) in [5.41, 5.74) is 0. The molecule has 1 rings (SSSR count). The molecule has 1 saturated carbocycles. The second-order valence-corrected chi connectivity index (χ2v) is 6.32. The average Bonchev–Trinajstić information content (AvgIpc) is 2.44. The first-order valence-corrected chi connectivity index (χ1v) is 8.12. The number of ether oxygens (including phenoxy) is 1. The molecule has 5 nitrogen and oxygen atoms in total. The molecule has 1 amide bonds. The molecule has 21 heavy (non-hydrogen) atoms. The fraction of sp³-hybridized carbons (Fsp3) is 0.875. The van der Waals surface area contributed by atoms with E-state index in [-0.39, 0.29) is 17.9 Å². The Morgan fingerprint density at radius 3 is 2.33 bits per heavy atom. The van der Waals surface area contributed by atoms with E-state index in [4.69, 9.17) is 4.74 Å². The van der Waals surface area contributed by atoms with Crippen LogP contribution in [0.3, 0.4) is 0 Å². The Balaban J connectivity index is 2.53. The SMILES string of the molecule is CCC(OC1CCCCC1)C(=O)N[C@@H](CC(C)C)C(=O)O. The second-order valence-electron chi connectivity index (χ2n) is 6.32. The van der Waals surface area contributed by atoms with Gasteiger partial charge >= 0.3 is 5.97 Å². The van der Waals surface area contributed by atoms with Gasteiger partial charge in [-0.25, -0.2) is 4.79 Å². The standard InChI is InChI=1S/C16H29NO4/c1-4-14(21-12-8-6-5-7-9-12)15(18)17-13(16(19)20)10-11(2)3/h11-14H,4-10H2,1-3H3,(H,17,18)(H,19,20)/t13-,14?/m0/s1. The Morgan fingerprint density at radius 2 is 1.86 bits per heavy atom. The molecule has 1 unspecified atom stereocenters. The lowest BCUT2D eigenvalue weighted by Gasteiger charge is -2.27. The predicted octanol–water partition coefficient (Wildman–Crippen LogP) is 2.73. The van der Waals surface area contributed by atoms with Crippen molar-refractivity contribution in [3.63, 3.8) is 0 Å². The number of amides is 1. The maximum Gasteiger partial charge on any atom is 0.326 e. The summed E-state index contributed by atoms with van der Waals surface area (Å²) in [5.74, 6) is -1.06. The van der Waals surface area contributed by atoms with E-state index in [1.807, 2.05) is 20.8 Å². The summed E-state index contributed by atoms with van der Waals surface area (Å²) in [7, 11) is 0. The molecule has 122 valence electrons. The molecule has 2 atom stereocenters. The maximum atomic E-state index is 12.2. The smallest absolute Gasteiger partial charge is 0.326 e. The van der Waals surface area contributed by atoms with Crippen LogP contribution in [-0.2, 0) is 14.3 Å². The number of carboxylic acid groups (broad SMARTS) is 1. The van der Waals surface area contributed by atoms with E-state index >= 15 is 0 Å². The van der Waals surface area contributed by atoms with E-state index in [0.717, 1.165) is 25.7 Å². The number of carboxylic acids is 1. The lowest BCUT2D eigenvalue weighted by atomic mass is 9.97. The topological polar surface area (TPSA) is 75.6 Å². The van der Waals surface area contributed by atoms with Crippen LogP contribution in [0.25, 0.3) is 0 Å². The van der Waals surface area contributed by atoms with Gasteiger partial charge in [-0.1, -0.05) is 40.0 Å². The molecule has 0 aromatic heterocycles. The molecule has 0 aliphatic heterocycles. The van der Waals surface area contributed by atoms with Gasteiger partial charge in [-0.2, -0.15) is 0 Å². The van der Waals surface area contributed by atoms with Crippen LogP contribution in [0.5, 0.6) is 0 Å². The van der Waals surface area contributed by atoms with E-state index in [0.29, 0.717) is 12.8 Å². The molecule has 0 heterocycles. The maximum absolute atomic E-state index is 12.2. The van der Waals surface area contributed by atoms with Gasteiger partial charge in [-0.05, 0) is 31.6 Å². The largest absolute Gasteiger partial charge is 0.480 e. The second kappa shape index (κ2) is 9.03. The van der Waals surface area contributed by atoms with Crippen molar-refractivity contribution in [3.05, 3.63) is 0 Å². The number of hydrogen-bond donors (Lipinski definition) is 2. The Kier molecular flexibility index (Phi) is 7.72. The molecule has 2 N–H and O–H groups in total. The number of rotatable bonds is 8. The highest BCUT2D eigenvalue weighted by atomic mass is 16.5. The predicted molar refractivity (Wildman–Crippen MR) is 81.1 cm³/mol. The van der Waals surface area contributed by atoms with Crippen LogP contribution in [0.2, 0.25) is 0 Å². The third kappa shape index (κ3) is 6.46. The Labute approximate surface area is 127 Å². The molecular formula is C16H29NO4. The van der Waals surface area contributed by atoms with Crippen LogP contribution in [0.1, 0.15) is 65.7 Å². The van der Waals surface area contributed by atoms with Crippen molar-refractivity contribution >= 4 is 11.9 Å². The van der Waals surface area contributed by atoms with Crippen LogP contribution in [0, 0.1) is 5.92 Å². The molecule has 1 fully saturated rings. The minimum Gasteiger partial charge on any atom is -0.480 e. The van der Waals surface area contributed by atoms with Crippen molar-refractivity contribution < 1.29 is 19.4 Å². The van der Waals surface area contributed by atoms with Crippen LogP contribution in [0.4, 0.5) is 0 Å². The van der Waals surface area contributed by atoms with Gasteiger partial charge in [0.15, 0.2) is 0 Å². The van der Waals surface area contributed by atoms with Crippen LogP contribution >= 0.6 is 0 Å². The Bertz CT molecular complexity index is 337. The van der Waals surface area contributed by atoms with Crippen LogP contribution < -0.4 is 5.32 Å². The van der Waals surface area contributed by atoms with Crippen molar-refractivity contribution in [2.45, 2.75) is 84.0 Å². The highest BCUT2D eigenvalue weighted by molar-refractivity contribution is 5.86. The van der Waals surface area contributed by atoms with Crippen molar-refractivity contribution in [1.29, 1.82) is 0 Å². The van der Waals surface area contributed by atoms with E-state index in [1.54, 1.807) is 0 Å². The first kappa shape index (κ1) is 18.0. The van der Waals surface area contributed by atoms with Crippen molar-refractivity contribution in [2.24, 2.45) is 5.92 Å². The van der Waals surface area contributed by atoms with Gasteiger partial charge in [-0.3, -0.25) is 4.79 Å². The summed E-state index contributed by atoms with van der Waals surface area (Å²) in [6.07, 6.45) is 6.12. The monoisotopic (exact) mass is 299 g/mol. The van der Waals surface area contributed by atoms with Gasteiger partial charge in [0.25, 0.3) is 0 Å². The summed E-state index contributed by atoms with van der Waals surface area (Å²) in [4.78, 5) is 23.5. The summed E-state index contributed by atoms with van der Waals surface area (Å²) in [6.45, 7) is 5.78. The van der Waals surface area contributed by atoms with E-state index in [1.165, 1.54) is 6.42 Å². The summed E-state index contributed by atoms with van der Waals surface area (Å²) in [5, 5.41) is 11.8. The zero-order valence-corrected chi connectivity index (χ0v) is 13.4. The van der Waals surface area contributed by atoms with Crippen molar-refractivity contribution in [2.75, 3.05) is 0 Å². The van der Waals surface area contributed by atoms with Gasteiger partial charge in [0.1, 0.15) is 12.1 Å². The summed E-state index contributed by atoms with van der Waals surface area (Å²) >= 11 is 0. The fourth-order valence-electron chi connectivity index (χ4n) is 2.73. The lowest BCUT2D eigenvalue weighted by Crippen LogP contribution is -2.47. The highest BCUT2D eigenvalue weighted by Crippen LogP contribution is 2.22. The fourth-order valence-corrected chi connectivity index (χ4v) is 2.73. The molecule has 0 spiro atoms. The molecule has 0 aromatic rings. The first-order valence-electron chi connectivity index (χ1n) is 8.12. The van der Waals surface area contributed by atoms with Gasteiger partial charge in [0, 0.05) is 0 Å². The molecule has 5 heteroatoms. The summed E-state index contributed by atoms with van der Waals surface area (Å²) < 4.78 is 5.88. The Morgan fingerprint density at radius 1 is 1.24 bits per heavy atom. The molecule has 1 aliphatic rings. The Hall–Kier alpha value is -1.10. The molecule has 0 saturated heterocycles.